The van der Waals surface area contributed by atoms with E-state index in [-0.39, 0.29) is 11.9 Å². The second kappa shape index (κ2) is 5.73. The number of fused-ring (bicyclic) bond motifs is 1. The van der Waals surface area contributed by atoms with E-state index in [1.54, 1.807) is 0 Å². The Morgan fingerprint density at radius 2 is 1.72 bits per heavy atom. The maximum Gasteiger partial charge on any atom is 0.325 e. The first-order valence-corrected chi connectivity index (χ1v) is 8.75. The third-order valence-electron chi connectivity index (χ3n) is 5.30. The van der Waals surface area contributed by atoms with Gasteiger partial charge in [0.25, 0.3) is 5.91 Å². The summed E-state index contributed by atoms with van der Waals surface area (Å²) in [5.41, 5.74) is 4.95. The topological polar surface area (TPSA) is 49.4 Å². The highest BCUT2D eigenvalue weighted by molar-refractivity contribution is 6.07. The van der Waals surface area contributed by atoms with Gasteiger partial charge in [-0.3, -0.25) is 9.69 Å². The number of carbonyl (C=O) groups excluding carboxylic acids is 2. The lowest BCUT2D eigenvalue weighted by Crippen LogP contribution is -2.51. The van der Waals surface area contributed by atoms with Crippen LogP contribution >= 0.6 is 0 Å². The number of aryl methyl sites for hydroxylation is 3. The van der Waals surface area contributed by atoms with Crippen LogP contribution in [0.1, 0.15) is 34.2 Å². The van der Waals surface area contributed by atoms with Crippen molar-refractivity contribution in [1.82, 2.24) is 10.2 Å². The first-order valence-electron chi connectivity index (χ1n) is 8.75. The molecule has 4 nitrogen and oxygen atoms in total. The largest absolute Gasteiger partial charge is 0.325 e. The van der Waals surface area contributed by atoms with Crippen molar-refractivity contribution in [2.75, 3.05) is 0 Å². The highest BCUT2D eigenvalue weighted by atomic mass is 16.2. The fourth-order valence-corrected chi connectivity index (χ4v) is 4.19. The fraction of sp³-hybridized carbons (Fsp3) is 0.333. The van der Waals surface area contributed by atoms with Crippen molar-refractivity contribution in [3.05, 3.63) is 70.3 Å². The van der Waals surface area contributed by atoms with Crippen LogP contribution in [-0.4, -0.2) is 22.4 Å². The van der Waals surface area contributed by atoms with Crippen molar-refractivity contribution in [2.45, 2.75) is 45.2 Å². The molecule has 1 saturated heterocycles. The van der Waals surface area contributed by atoms with E-state index in [2.05, 4.69) is 23.5 Å². The molecule has 1 aliphatic heterocycles. The van der Waals surface area contributed by atoms with Crippen LogP contribution in [-0.2, 0) is 24.2 Å². The SMILES string of the molecule is Cc1cc(C)cc(CN2C(=O)NC3(CCc4ccccc4C3)C2=O)c1. The standard InChI is InChI=1S/C21H22N2O2/c1-14-9-15(2)11-16(10-14)13-23-19(24)21(22-20(23)25)8-7-17-5-3-4-6-18(17)12-21/h3-6,9-11H,7-8,12-13H2,1-2H3,(H,22,25). The first kappa shape index (κ1) is 15.9. The molecule has 0 bridgehead atoms. The molecule has 1 spiro atoms. The van der Waals surface area contributed by atoms with Gasteiger partial charge in [-0.1, -0.05) is 53.6 Å². The Kier molecular flexibility index (Phi) is 3.64. The zero-order valence-corrected chi connectivity index (χ0v) is 14.6. The molecule has 2 aromatic carbocycles. The van der Waals surface area contributed by atoms with Crippen LogP contribution in [0.3, 0.4) is 0 Å². The second-order valence-electron chi connectivity index (χ2n) is 7.35. The van der Waals surface area contributed by atoms with E-state index >= 15 is 0 Å². The van der Waals surface area contributed by atoms with Crippen LogP contribution in [0.5, 0.6) is 0 Å². The van der Waals surface area contributed by atoms with Gasteiger partial charge in [-0.2, -0.15) is 0 Å². The normalized spacial score (nSPS) is 22.2. The minimum atomic E-state index is -0.774. The zero-order valence-electron chi connectivity index (χ0n) is 14.6. The summed E-state index contributed by atoms with van der Waals surface area (Å²) in [6, 6.07) is 14.1. The Labute approximate surface area is 147 Å². The molecular formula is C21H22N2O2. The van der Waals surface area contributed by atoms with E-state index in [1.165, 1.54) is 10.5 Å². The molecule has 2 aliphatic rings. The van der Waals surface area contributed by atoms with Gasteiger partial charge in [0.15, 0.2) is 0 Å². The van der Waals surface area contributed by atoms with E-state index in [4.69, 9.17) is 0 Å². The number of carbonyl (C=O) groups is 2. The number of rotatable bonds is 2. The molecule has 4 heteroatoms. The van der Waals surface area contributed by atoms with Gasteiger partial charge in [0, 0.05) is 6.42 Å². The van der Waals surface area contributed by atoms with Gasteiger partial charge in [-0.05, 0) is 43.4 Å². The smallest absolute Gasteiger partial charge is 0.323 e. The number of amides is 3. The summed E-state index contributed by atoms with van der Waals surface area (Å²) in [5, 5.41) is 3.00. The highest BCUT2D eigenvalue weighted by Crippen LogP contribution is 2.34. The molecule has 1 aliphatic carbocycles. The maximum absolute atomic E-state index is 13.1. The molecule has 0 aromatic heterocycles. The van der Waals surface area contributed by atoms with Crippen LogP contribution < -0.4 is 5.32 Å². The highest BCUT2D eigenvalue weighted by Gasteiger charge is 2.52. The van der Waals surface area contributed by atoms with Gasteiger partial charge in [0.05, 0.1) is 6.54 Å². The molecule has 1 unspecified atom stereocenters. The first-order chi connectivity index (χ1) is 12.0. The number of benzene rings is 2. The molecule has 1 heterocycles. The maximum atomic E-state index is 13.1. The van der Waals surface area contributed by atoms with Crippen LogP contribution in [0.4, 0.5) is 4.79 Å². The minimum Gasteiger partial charge on any atom is -0.323 e. The van der Waals surface area contributed by atoms with Crippen molar-refractivity contribution >= 4 is 11.9 Å². The van der Waals surface area contributed by atoms with E-state index in [9.17, 15) is 9.59 Å². The Bertz CT molecular complexity index is 854. The number of hydrogen-bond acceptors (Lipinski definition) is 2. The zero-order chi connectivity index (χ0) is 17.6. The van der Waals surface area contributed by atoms with Crippen molar-refractivity contribution in [3.8, 4) is 0 Å². The van der Waals surface area contributed by atoms with Crippen LogP contribution in [0.2, 0.25) is 0 Å². The van der Waals surface area contributed by atoms with E-state index in [0.717, 1.165) is 28.7 Å². The second-order valence-corrected chi connectivity index (χ2v) is 7.35. The average Bonchev–Trinajstić information content (AvgIpc) is 2.78. The molecule has 1 N–H and O–H groups in total. The van der Waals surface area contributed by atoms with Crippen LogP contribution in [0.25, 0.3) is 0 Å². The summed E-state index contributed by atoms with van der Waals surface area (Å²) in [4.78, 5) is 27.0. The fourth-order valence-electron chi connectivity index (χ4n) is 4.19. The Morgan fingerprint density at radius 3 is 2.44 bits per heavy atom. The molecule has 2 aromatic rings. The van der Waals surface area contributed by atoms with Crippen molar-refractivity contribution in [1.29, 1.82) is 0 Å². The van der Waals surface area contributed by atoms with Crippen LogP contribution in [0.15, 0.2) is 42.5 Å². The Balaban J connectivity index is 1.61. The lowest BCUT2D eigenvalue weighted by atomic mass is 9.78. The molecule has 0 saturated carbocycles. The van der Waals surface area contributed by atoms with E-state index in [1.807, 2.05) is 38.1 Å². The predicted molar refractivity (Wildman–Crippen MR) is 96.2 cm³/mol. The van der Waals surface area contributed by atoms with E-state index < -0.39 is 5.54 Å². The molecule has 3 amide bonds. The molecule has 1 atom stereocenters. The number of imide groups is 1. The lowest BCUT2D eigenvalue weighted by molar-refractivity contribution is -0.132. The van der Waals surface area contributed by atoms with Gasteiger partial charge < -0.3 is 5.32 Å². The van der Waals surface area contributed by atoms with Crippen LogP contribution in [0, 0.1) is 13.8 Å². The molecule has 4 rings (SSSR count). The number of hydrogen-bond donors (Lipinski definition) is 1. The molecular weight excluding hydrogens is 312 g/mol. The summed E-state index contributed by atoms with van der Waals surface area (Å²) in [5.74, 6) is -0.0915. The molecule has 1 fully saturated rings. The number of nitrogens with one attached hydrogen (secondary N) is 1. The van der Waals surface area contributed by atoms with Crippen molar-refractivity contribution < 1.29 is 9.59 Å². The summed E-state index contributed by atoms with van der Waals surface area (Å²) in [6.45, 7) is 4.39. The predicted octanol–water partition coefficient (Wildman–Crippen LogP) is 3.28. The quantitative estimate of drug-likeness (QED) is 0.857. The number of nitrogens with zero attached hydrogens (tertiary/aromatic N) is 1. The van der Waals surface area contributed by atoms with E-state index in [0.29, 0.717) is 19.4 Å². The summed E-state index contributed by atoms with van der Waals surface area (Å²) < 4.78 is 0. The summed E-state index contributed by atoms with van der Waals surface area (Å²) in [7, 11) is 0. The lowest BCUT2D eigenvalue weighted by Gasteiger charge is -2.32. The van der Waals surface area contributed by atoms with Gasteiger partial charge in [0.1, 0.15) is 5.54 Å². The average molecular weight is 334 g/mol. The third kappa shape index (κ3) is 2.72. The van der Waals surface area contributed by atoms with Crippen molar-refractivity contribution in [3.63, 3.8) is 0 Å². The third-order valence-corrected chi connectivity index (χ3v) is 5.30. The summed E-state index contributed by atoms with van der Waals surface area (Å²) in [6.07, 6.45) is 2.06. The monoisotopic (exact) mass is 334 g/mol. The molecule has 0 radical (unpaired) electrons. The van der Waals surface area contributed by atoms with Gasteiger partial charge in [0.2, 0.25) is 0 Å². The van der Waals surface area contributed by atoms with Gasteiger partial charge in [-0.15, -0.1) is 0 Å². The van der Waals surface area contributed by atoms with Crippen molar-refractivity contribution in [2.24, 2.45) is 0 Å². The van der Waals surface area contributed by atoms with Gasteiger partial charge in [-0.25, -0.2) is 4.79 Å². The molecule has 128 valence electrons. The molecule has 25 heavy (non-hydrogen) atoms. The minimum absolute atomic E-state index is 0.0915. The summed E-state index contributed by atoms with van der Waals surface area (Å²) >= 11 is 0. The number of urea groups is 1. The Hall–Kier alpha value is -2.62. The Morgan fingerprint density at radius 1 is 1.04 bits per heavy atom. The van der Waals surface area contributed by atoms with Gasteiger partial charge >= 0.3 is 6.03 Å².